The van der Waals surface area contributed by atoms with E-state index in [4.69, 9.17) is 19.0 Å². The largest absolute Gasteiger partial charge is 0.492 e. The lowest BCUT2D eigenvalue weighted by Crippen LogP contribution is -2.15. The van der Waals surface area contributed by atoms with Gasteiger partial charge in [0.25, 0.3) is 0 Å². The molecule has 0 aliphatic carbocycles. The van der Waals surface area contributed by atoms with Gasteiger partial charge in [0.2, 0.25) is 0 Å². The molecule has 0 saturated carbocycles. The third kappa shape index (κ3) is 6.39. The predicted octanol–water partition coefficient (Wildman–Crippen LogP) is 5.24. The third-order valence-corrected chi connectivity index (χ3v) is 5.25. The van der Waals surface area contributed by atoms with E-state index in [9.17, 15) is 0 Å². The van der Waals surface area contributed by atoms with E-state index in [2.05, 4.69) is 36.5 Å². The zero-order valence-electron chi connectivity index (χ0n) is 17.8. The van der Waals surface area contributed by atoms with Crippen LogP contribution in [-0.4, -0.2) is 30.0 Å². The van der Waals surface area contributed by atoms with E-state index >= 15 is 0 Å². The average molecular weight is 437 g/mol. The molecule has 31 heavy (non-hydrogen) atoms. The van der Waals surface area contributed by atoms with E-state index in [1.807, 2.05) is 49.5 Å². The first-order chi connectivity index (χ1) is 15.1. The summed E-state index contributed by atoms with van der Waals surface area (Å²) in [4.78, 5) is 18.2. The summed E-state index contributed by atoms with van der Waals surface area (Å²) in [6, 6.07) is 25.9. The fraction of sp³-hybridized carbons (Fsp3) is 0.200. The van der Waals surface area contributed by atoms with Crippen LogP contribution in [0.1, 0.15) is 30.0 Å². The monoisotopic (exact) mass is 437 g/mol. The van der Waals surface area contributed by atoms with E-state index in [-0.39, 0.29) is 0 Å². The molecule has 3 N–H and O–H groups in total. The fourth-order valence-corrected chi connectivity index (χ4v) is 3.76. The molecular formula is C25H28NO4P. The van der Waals surface area contributed by atoms with Gasteiger partial charge in [-0.1, -0.05) is 61.5 Å². The fourth-order valence-electron chi connectivity index (χ4n) is 3.45. The van der Waals surface area contributed by atoms with E-state index in [1.54, 1.807) is 12.1 Å². The maximum absolute atomic E-state index is 9.11. The van der Waals surface area contributed by atoms with Gasteiger partial charge in [-0.25, -0.2) is 0 Å². The molecule has 0 fully saturated rings. The highest BCUT2D eigenvalue weighted by Gasteiger charge is 2.14. The molecule has 0 heterocycles. The molecule has 0 radical (unpaired) electrons. The van der Waals surface area contributed by atoms with Crippen LogP contribution in [-0.2, 0) is 0 Å². The van der Waals surface area contributed by atoms with E-state index in [1.165, 1.54) is 11.1 Å². The van der Waals surface area contributed by atoms with Gasteiger partial charge in [-0.3, -0.25) is 0 Å². The molecular weight excluding hydrogens is 409 g/mol. The quantitative estimate of drug-likeness (QED) is 0.230. The van der Waals surface area contributed by atoms with Crippen molar-refractivity contribution in [3.05, 3.63) is 95.6 Å². The Morgan fingerprint density at radius 2 is 1.39 bits per heavy atom. The maximum atomic E-state index is 9.11. The second kappa shape index (κ2) is 11.6. The van der Waals surface area contributed by atoms with Crippen molar-refractivity contribution in [1.82, 2.24) is 5.32 Å². The van der Waals surface area contributed by atoms with Gasteiger partial charge in [-0.2, -0.15) is 0 Å². The Kier molecular flexibility index (Phi) is 8.63. The summed E-state index contributed by atoms with van der Waals surface area (Å²) < 4.78 is 10.8. The van der Waals surface area contributed by atoms with Gasteiger partial charge >= 0.3 is 8.60 Å². The lowest BCUT2D eigenvalue weighted by atomic mass is 9.88. The SMILES string of the molecule is CC/C(=C(/c1ccc(OCCNC)cc1)c1ccc(OP(O)O)cc1)c1ccccc1. The standard InChI is InChI=1S/C25H28NO4P/c1-3-24(19-7-5-4-6-8-19)25(21-11-15-23(16-12-21)30-31(27)28)20-9-13-22(14-10-20)29-18-17-26-2/h4-16,26-28H,3,17-18H2,1-2H3/b25-24+. The highest BCUT2D eigenvalue weighted by Crippen LogP contribution is 2.36. The zero-order chi connectivity index (χ0) is 22.1. The van der Waals surface area contributed by atoms with Crippen molar-refractivity contribution < 1.29 is 19.0 Å². The van der Waals surface area contributed by atoms with Crippen LogP contribution in [0.15, 0.2) is 78.9 Å². The summed E-state index contributed by atoms with van der Waals surface area (Å²) in [6.45, 7) is 3.56. The van der Waals surface area contributed by atoms with Crippen molar-refractivity contribution in [3.8, 4) is 11.5 Å². The van der Waals surface area contributed by atoms with Crippen LogP contribution in [0.4, 0.5) is 0 Å². The lowest BCUT2D eigenvalue weighted by molar-refractivity contribution is 0.318. The number of ether oxygens (including phenoxy) is 1. The first-order valence-corrected chi connectivity index (χ1v) is 11.4. The summed E-state index contributed by atoms with van der Waals surface area (Å²) in [7, 11) is -0.537. The van der Waals surface area contributed by atoms with E-state index in [0.29, 0.717) is 12.4 Å². The van der Waals surface area contributed by atoms with Gasteiger partial charge in [-0.05, 0) is 65.6 Å². The van der Waals surface area contributed by atoms with E-state index < -0.39 is 8.60 Å². The Morgan fingerprint density at radius 1 is 0.806 bits per heavy atom. The molecule has 0 aliphatic heterocycles. The summed E-state index contributed by atoms with van der Waals surface area (Å²) in [5.74, 6) is 1.25. The highest BCUT2D eigenvalue weighted by molar-refractivity contribution is 7.39. The number of rotatable bonds is 10. The first-order valence-electron chi connectivity index (χ1n) is 10.2. The minimum Gasteiger partial charge on any atom is -0.492 e. The Hall–Kier alpha value is -2.69. The number of benzene rings is 3. The Bertz CT molecular complexity index is 971. The molecule has 5 nitrogen and oxygen atoms in total. The Morgan fingerprint density at radius 3 is 1.90 bits per heavy atom. The minimum absolute atomic E-state index is 0.422. The molecule has 3 aromatic rings. The van der Waals surface area contributed by atoms with Crippen LogP contribution in [0.5, 0.6) is 11.5 Å². The van der Waals surface area contributed by atoms with Crippen molar-refractivity contribution >= 4 is 19.7 Å². The van der Waals surface area contributed by atoms with Crippen LogP contribution in [0, 0.1) is 0 Å². The Labute approximate surface area is 185 Å². The molecule has 0 spiro atoms. The van der Waals surface area contributed by atoms with Gasteiger partial charge in [0.15, 0.2) is 0 Å². The van der Waals surface area contributed by atoms with Crippen LogP contribution in [0.3, 0.4) is 0 Å². The van der Waals surface area contributed by atoms with Crippen molar-refractivity contribution in [1.29, 1.82) is 0 Å². The molecule has 0 aliphatic rings. The van der Waals surface area contributed by atoms with Crippen LogP contribution in [0.25, 0.3) is 11.1 Å². The summed E-state index contributed by atoms with van der Waals surface area (Å²) in [5, 5.41) is 3.07. The van der Waals surface area contributed by atoms with Crippen LogP contribution >= 0.6 is 8.60 Å². The van der Waals surface area contributed by atoms with Crippen molar-refractivity contribution in [2.75, 3.05) is 20.2 Å². The maximum Gasteiger partial charge on any atom is 0.391 e. The molecule has 3 rings (SSSR count). The second-order valence-corrected chi connectivity index (χ2v) is 7.61. The van der Waals surface area contributed by atoms with Gasteiger partial charge in [-0.15, -0.1) is 0 Å². The minimum atomic E-state index is -2.44. The van der Waals surface area contributed by atoms with Gasteiger partial charge in [0.05, 0.1) is 0 Å². The average Bonchev–Trinajstić information content (AvgIpc) is 2.79. The lowest BCUT2D eigenvalue weighted by Gasteiger charge is -2.17. The number of allylic oxidation sites excluding steroid dienone is 1. The molecule has 0 bridgehead atoms. The zero-order valence-corrected chi connectivity index (χ0v) is 18.7. The number of likely N-dealkylation sites (N-methyl/N-ethyl adjacent to an activating group) is 1. The normalized spacial score (nSPS) is 11.9. The molecule has 0 saturated heterocycles. The molecule has 6 heteroatoms. The number of nitrogens with one attached hydrogen (secondary N) is 1. The number of hydrogen-bond donors (Lipinski definition) is 3. The molecule has 162 valence electrons. The van der Waals surface area contributed by atoms with E-state index in [0.717, 1.165) is 35.4 Å². The van der Waals surface area contributed by atoms with Gasteiger partial charge in [0.1, 0.15) is 18.1 Å². The van der Waals surface area contributed by atoms with Crippen molar-refractivity contribution in [2.24, 2.45) is 0 Å². The molecule has 0 aromatic heterocycles. The predicted molar refractivity (Wildman–Crippen MR) is 127 cm³/mol. The van der Waals surface area contributed by atoms with Crippen molar-refractivity contribution in [3.63, 3.8) is 0 Å². The molecule has 0 amide bonds. The molecule has 0 atom stereocenters. The molecule has 0 unspecified atom stereocenters. The highest BCUT2D eigenvalue weighted by atomic mass is 31.2. The molecule has 3 aromatic carbocycles. The van der Waals surface area contributed by atoms with Crippen molar-refractivity contribution in [2.45, 2.75) is 13.3 Å². The summed E-state index contributed by atoms with van der Waals surface area (Å²) in [6.07, 6.45) is 0.858. The summed E-state index contributed by atoms with van der Waals surface area (Å²) in [5.41, 5.74) is 5.63. The van der Waals surface area contributed by atoms with Gasteiger partial charge < -0.3 is 24.4 Å². The summed E-state index contributed by atoms with van der Waals surface area (Å²) >= 11 is 0. The number of hydrogen-bond acceptors (Lipinski definition) is 5. The second-order valence-electron chi connectivity index (χ2n) is 6.92. The topological polar surface area (TPSA) is 71.0 Å². The van der Waals surface area contributed by atoms with Crippen LogP contribution in [0.2, 0.25) is 0 Å². The smallest absolute Gasteiger partial charge is 0.391 e. The third-order valence-electron chi connectivity index (χ3n) is 4.87. The first kappa shape index (κ1) is 23.0. The van der Waals surface area contributed by atoms with Crippen LogP contribution < -0.4 is 14.6 Å². The Balaban J connectivity index is 2.04. The van der Waals surface area contributed by atoms with Gasteiger partial charge in [0, 0.05) is 6.54 Å².